The number of fused-ring (bicyclic) bond motifs is 1. The molecule has 4 aromatic rings. The summed E-state index contributed by atoms with van der Waals surface area (Å²) in [5.74, 6) is -1.67. The van der Waals surface area contributed by atoms with E-state index in [1.54, 1.807) is 42.5 Å². The number of hydrogen-bond donors (Lipinski definition) is 1. The minimum absolute atomic E-state index is 0.0234. The lowest BCUT2D eigenvalue weighted by Gasteiger charge is -2.12. The maximum Gasteiger partial charge on any atom is 0.255 e. The molecule has 3 aromatic carbocycles. The molecule has 5 nitrogen and oxygen atoms in total. The van der Waals surface area contributed by atoms with E-state index >= 15 is 0 Å². The lowest BCUT2D eigenvalue weighted by atomic mass is 10.2. The van der Waals surface area contributed by atoms with E-state index in [9.17, 15) is 13.6 Å². The molecule has 0 aliphatic heterocycles. The van der Waals surface area contributed by atoms with Crippen molar-refractivity contribution in [3.05, 3.63) is 76.8 Å². The van der Waals surface area contributed by atoms with E-state index in [1.807, 2.05) is 13.8 Å². The Kier molecular flexibility index (Phi) is 6.10. The molecule has 0 saturated heterocycles. The van der Waals surface area contributed by atoms with Crippen molar-refractivity contribution in [1.29, 1.82) is 0 Å². The van der Waals surface area contributed by atoms with Crippen molar-refractivity contribution in [2.75, 3.05) is 5.32 Å². The number of rotatable bonds is 6. The van der Waals surface area contributed by atoms with Gasteiger partial charge in [-0.25, -0.2) is 13.8 Å². The highest BCUT2D eigenvalue weighted by molar-refractivity contribution is 6.33. The summed E-state index contributed by atoms with van der Waals surface area (Å²) in [5, 5.41) is 2.78. The van der Waals surface area contributed by atoms with Gasteiger partial charge in [0.15, 0.2) is 17.2 Å². The highest BCUT2D eigenvalue weighted by Gasteiger charge is 2.16. The first-order valence-corrected chi connectivity index (χ1v) is 10.4. The molecule has 1 N–H and O–H groups in total. The maximum atomic E-state index is 13.6. The summed E-state index contributed by atoms with van der Waals surface area (Å²) in [6.45, 7) is 4.01. The van der Waals surface area contributed by atoms with Crippen molar-refractivity contribution >= 4 is 34.3 Å². The van der Waals surface area contributed by atoms with Crippen LogP contribution < -0.4 is 10.1 Å². The van der Waals surface area contributed by atoms with Gasteiger partial charge in [-0.2, -0.15) is 0 Å². The smallest absolute Gasteiger partial charge is 0.255 e. The summed E-state index contributed by atoms with van der Waals surface area (Å²) < 4.78 is 38.3. The molecule has 0 aliphatic carbocycles. The minimum Gasteiger partial charge on any atom is -0.491 e. The summed E-state index contributed by atoms with van der Waals surface area (Å²) in [5.41, 5.74) is 1.93. The first kappa shape index (κ1) is 21.8. The van der Waals surface area contributed by atoms with Crippen LogP contribution in [0.2, 0.25) is 5.02 Å². The van der Waals surface area contributed by atoms with E-state index in [0.29, 0.717) is 28.1 Å². The number of carbonyl (C=O) groups excluding carboxylic acids is 1. The Morgan fingerprint density at radius 1 is 1.12 bits per heavy atom. The Labute approximate surface area is 188 Å². The molecule has 1 amide bonds. The van der Waals surface area contributed by atoms with Crippen LogP contribution in [-0.2, 0) is 0 Å². The third-order valence-corrected chi connectivity index (χ3v) is 5.23. The molecule has 8 heteroatoms. The van der Waals surface area contributed by atoms with E-state index < -0.39 is 11.6 Å². The van der Waals surface area contributed by atoms with Crippen LogP contribution in [0.1, 0.15) is 30.6 Å². The lowest BCUT2D eigenvalue weighted by molar-refractivity contribution is 0.102. The molecule has 0 spiro atoms. The van der Waals surface area contributed by atoms with Crippen molar-refractivity contribution in [1.82, 2.24) is 4.98 Å². The van der Waals surface area contributed by atoms with Crippen LogP contribution in [0, 0.1) is 11.6 Å². The van der Waals surface area contributed by atoms with Gasteiger partial charge in [-0.05, 0) is 67.9 Å². The van der Waals surface area contributed by atoms with E-state index in [-0.39, 0.29) is 28.5 Å². The van der Waals surface area contributed by atoms with Crippen LogP contribution in [-0.4, -0.2) is 17.0 Å². The Hall–Kier alpha value is -3.45. The van der Waals surface area contributed by atoms with E-state index in [2.05, 4.69) is 10.3 Å². The van der Waals surface area contributed by atoms with Crippen molar-refractivity contribution in [2.45, 2.75) is 26.4 Å². The van der Waals surface area contributed by atoms with Crippen LogP contribution in [0.15, 0.2) is 59.0 Å². The largest absolute Gasteiger partial charge is 0.491 e. The Bertz CT molecular complexity index is 1290. The van der Waals surface area contributed by atoms with Crippen LogP contribution in [0.5, 0.6) is 5.75 Å². The van der Waals surface area contributed by atoms with Gasteiger partial charge < -0.3 is 14.5 Å². The second-order valence-electron chi connectivity index (χ2n) is 7.26. The average Bonchev–Trinajstić information content (AvgIpc) is 3.19. The minimum atomic E-state index is -1.06. The Morgan fingerprint density at radius 3 is 2.56 bits per heavy atom. The predicted molar refractivity (Wildman–Crippen MR) is 119 cm³/mol. The fraction of sp³-hybridized carbons (Fsp3) is 0.167. The SMILES string of the molecule is CCC(C)Oc1ccc(C(=O)Nc2ccc3oc(-c4cc(F)c(F)cc4Cl)nc3c2)cc1. The van der Waals surface area contributed by atoms with Gasteiger partial charge in [0, 0.05) is 11.3 Å². The summed E-state index contributed by atoms with van der Waals surface area (Å²) in [6.07, 6.45) is 0.978. The molecular formula is C24H19ClF2N2O3. The van der Waals surface area contributed by atoms with E-state index in [4.69, 9.17) is 20.8 Å². The topological polar surface area (TPSA) is 64.4 Å². The molecule has 1 aromatic heterocycles. The van der Waals surface area contributed by atoms with E-state index in [0.717, 1.165) is 18.6 Å². The molecule has 1 unspecified atom stereocenters. The molecular weight excluding hydrogens is 438 g/mol. The molecule has 0 radical (unpaired) electrons. The van der Waals surface area contributed by atoms with Gasteiger partial charge in [-0.15, -0.1) is 0 Å². The zero-order valence-electron chi connectivity index (χ0n) is 17.3. The first-order valence-electron chi connectivity index (χ1n) is 9.97. The number of carbonyl (C=O) groups is 1. The van der Waals surface area contributed by atoms with Gasteiger partial charge in [0.05, 0.1) is 16.7 Å². The monoisotopic (exact) mass is 456 g/mol. The second kappa shape index (κ2) is 8.96. The maximum absolute atomic E-state index is 13.6. The fourth-order valence-electron chi connectivity index (χ4n) is 3.01. The molecule has 4 rings (SSSR count). The molecule has 164 valence electrons. The zero-order chi connectivity index (χ0) is 22.8. The van der Waals surface area contributed by atoms with Crippen molar-refractivity contribution in [2.24, 2.45) is 0 Å². The van der Waals surface area contributed by atoms with Gasteiger partial charge >= 0.3 is 0 Å². The lowest BCUT2D eigenvalue weighted by Crippen LogP contribution is -2.12. The number of oxazole rings is 1. The molecule has 0 saturated carbocycles. The number of nitrogens with zero attached hydrogens (tertiary/aromatic N) is 1. The van der Waals surface area contributed by atoms with Crippen molar-refractivity contribution < 1.29 is 22.7 Å². The summed E-state index contributed by atoms with van der Waals surface area (Å²) >= 11 is 6.01. The van der Waals surface area contributed by atoms with Crippen LogP contribution in [0.4, 0.5) is 14.5 Å². The zero-order valence-corrected chi connectivity index (χ0v) is 18.0. The average molecular weight is 457 g/mol. The van der Waals surface area contributed by atoms with Crippen molar-refractivity contribution in [3.63, 3.8) is 0 Å². The number of nitrogens with one attached hydrogen (secondary N) is 1. The highest BCUT2D eigenvalue weighted by Crippen LogP contribution is 2.32. The predicted octanol–water partition coefficient (Wildman–Crippen LogP) is 6.86. The van der Waals surface area contributed by atoms with Crippen LogP contribution in [0.25, 0.3) is 22.6 Å². The molecule has 0 bridgehead atoms. The first-order chi connectivity index (χ1) is 15.3. The standard InChI is InChI=1S/C24H19ClF2N2O3/c1-3-13(2)31-16-7-4-14(5-8-16)23(30)28-15-6-9-22-21(10-15)29-24(32-22)17-11-19(26)20(27)12-18(17)25/h4-13H,3H2,1-2H3,(H,28,30). The highest BCUT2D eigenvalue weighted by atomic mass is 35.5. The number of amides is 1. The number of aromatic nitrogens is 1. The summed E-state index contributed by atoms with van der Waals surface area (Å²) in [4.78, 5) is 16.9. The van der Waals surface area contributed by atoms with E-state index in [1.165, 1.54) is 0 Å². The molecule has 32 heavy (non-hydrogen) atoms. The van der Waals surface area contributed by atoms with Gasteiger partial charge in [-0.1, -0.05) is 18.5 Å². The number of halogens is 3. The number of benzene rings is 3. The van der Waals surface area contributed by atoms with Crippen LogP contribution in [0.3, 0.4) is 0 Å². The molecule has 1 heterocycles. The quantitative estimate of drug-likeness (QED) is 0.322. The van der Waals surface area contributed by atoms with Gasteiger partial charge in [0.2, 0.25) is 5.89 Å². The number of anilines is 1. The summed E-state index contributed by atoms with van der Waals surface area (Å²) in [6, 6.07) is 13.6. The van der Waals surface area contributed by atoms with Crippen LogP contribution >= 0.6 is 11.6 Å². The summed E-state index contributed by atoms with van der Waals surface area (Å²) in [7, 11) is 0. The fourth-order valence-corrected chi connectivity index (χ4v) is 3.24. The molecule has 1 atom stereocenters. The normalized spacial score (nSPS) is 12.0. The second-order valence-corrected chi connectivity index (χ2v) is 7.67. The molecule has 0 aliphatic rings. The molecule has 0 fully saturated rings. The number of hydrogen-bond acceptors (Lipinski definition) is 4. The van der Waals surface area contributed by atoms with Gasteiger partial charge in [0.1, 0.15) is 11.3 Å². The third kappa shape index (κ3) is 4.57. The van der Waals surface area contributed by atoms with Gasteiger partial charge in [-0.3, -0.25) is 4.79 Å². The third-order valence-electron chi connectivity index (χ3n) is 4.91. The number of ether oxygens (including phenoxy) is 1. The van der Waals surface area contributed by atoms with Crippen molar-refractivity contribution in [3.8, 4) is 17.2 Å². The van der Waals surface area contributed by atoms with Gasteiger partial charge in [0.25, 0.3) is 5.91 Å². The Balaban J connectivity index is 1.53. The Morgan fingerprint density at radius 2 is 1.84 bits per heavy atom.